The first-order valence-corrected chi connectivity index (χ1v) is 11.4. The van der Waals surface area contributed by atoms with Crippen LogP contribution >= 0.6 is 11.8 Å². The molecular formula is C21H28N6O2S. The van der Waals surface area contributed by atoms with Crippen molar-refractivity contribution >= 4 is 39.8 Å². The SMILES string of the molecule is CC(C)CC(=O)NCCCn1cnc2cc(C(=O)NC3=NNC(C4CC4)S3)ccc21. The highest BCUT2D eigenvalue weighted by atomic mass is 32.2. The fourth-order valence-corrected chi connectivity index (χ4v) is 4.49. The molecule has 4 rings (SSSR count). The van der Waals surface area contributed by atoms with Crippen LogP contribution in [0, 0.1) is 11.8 Å². The summed E-state index contributed by atoms with van der Waals surface area (Å²) in [5.74, 6) is 0.949. The van der Waals surface area contributed by atoms with Crippen molar-refractivity contribution < 1.29 is 9.59 Å². The number of carbonyl (C=O) groups excluding carboxylic acids is 2. The second kappa shape index (κ2) is 9.07. The van der Waals surface area contributed by atoms with Gasteiger partial charge in [0.05, 0.1) is 22.7 Å². The minimum atomic E-state index is -0.177. The van der Waals surface area contributed by atoms with Gasteiger partial charge in [0.1, 0.15) is 0 Å². The third kappa shape index (κ3) is 5.13. The zero-order valence-electron chi connectivity index (χ0n) is 17.4. The molecule has 30 heavy (non-hydrogen) atoms. The zero-order chi connectivity index (χ0) is 21.1. The fourth-order valence-electron chi connectivity index (χ4n) is 3.43. The summed E-state index contributed by atoms with van der Waals surface area (Å²) in [6, 6.07) is 5.53. The Balaban J connectivity index is 1.29. The predicted octanol–water partition coefficient (Wildman–Crippen LogP) is 2.66. The van der Waals surface area contributed by atoms with Crippen LogP contribution in [0.2, 0.25) is 0 Å². The van der Waals surface area contributed by atoms with Crippen molar-refractivity contribution in [2.45, 2.75) is 51.4 Å². The third-order valence-corrected chi connectivity index (χ3v) is 6.34. The van der Waals surface area contributed by atoms with Gasteiger partial charge in [0, 0.05) is 25.1 Å². The number of carbonyl (C=O) groups is 2. The average Bonchev–Trinajstić information content (AvgIpc) is 3.32. The molecule has 2 aliphatic rings. The number of imidazole rings is 1. The summed E-state index contributed by atoms with van der Waals surface area (Å²) in [7, 11) is 0. The number of amides is 2. The summed E-state index contributed by atoms with van der Waals surface area (Å²) in [5, 5.41) is 11.0. The number of nitrogens with one attached hydrogen (secondary N) is 3. The standard InChI is InChI=1S/C21H28N6O2S/c1-13(2)10-18(28)22-8-3-9-27-12-23-16-11-15(6-7-17(16)27)19(29)24-21-26-25-20(30-21)14-4-5-14/h6-7,11-14,20,25H,3-5,8-10H2,1-2H3,(H,22,28)(H,24,26,29). The Hall–Kier alpha value is -2.55. The molecule has 1 atom stereocenters. The van der Waals surface area contributed by atoms with E-state index in [9.17, 15) is 9.59 Å². The van der Waals surface area contributed by atoms with E-state index >= 15 is 0 Å². The van der Waals surface area contributed by atoms with Crippen LogP contribution in [-0.2, 0) is 11.3 Å². The molecule has 0 spiro atoms. The number of aromatic nitrogens is 2. The van der Waals surface area contributed by atoms with Crippen molar-refractivity contribution in [1.82, 2.24) is 25.6 Å². The highest BCUT2D eigenvalue weighted by Gasteiger charge is 2.35. The molecule has 8 nitrogen and oxygen atoms in total. The number of hydrazone groups is 1. The van der Waals surface area contributed by atoms with Crippen LogP contribution in [-0.4, -0.2) is 38.5 Å². The highest BCUT2D eigenvalue weighted by Crippen LogP contribution is 2.39. The van der Waals surface area contributed by atoms with Crippen LogP contribution < -0.4 is 16.1 Å². The smallest absolute Gasteiger partial charge is 0.257 e. The van der Waals surface area contributed by atoms with Gasteiger partial charge in [0.25, 0.3) is 5.91 Å². The Morgan fingerprint density at radius 3 is 2.93 bits per heavy atom. The summed E-state index contributed by atoms with van der Waals surface area (Å²) in [6.45, 7) is 5.47. The molecule has 1 fully saturated rings. The molecule has 9 heteroatoms. The number of amidine groups is 1. The molecule has 0 saturated heterocycles. The van der Waals surface area contributed by atoms with Gasteiger partial charge in [-0.1, -0.05) is 25.6 Å². The quantitative estimate of drug-likeness (QED) is 0.561. The lowest BCUT2D eigenvalue weighted by molar-refractivity contribution is -0.121. The first-order chi connectivity index (χ1) is 14.5. The summed E-state index contributed by atoms with van der Waals surface area (Å²) in [6.07, 6.45) is 5.62. The van der Waals surface area contributed by atoms with E-state index in [0.717, 1.165) is 24.0 Å². The molecule has 160 valence electrons. The number of hydrogen-bond acceptors (Lipinski definition) is 6. The number of aryl methyl sites for hydroxylation is 1. The van der Waals surface area contributed by atoms with Crippen LogP contribution in [0.3, 0.4) is 0 Å². The lowest BCUT2D eigenvalue weighted by atomic mass is 10.1. The molecule has 1 aromatic carbocycles. The van der Waals surface area contributed by atoms with E-state index in [0.29, 0.717) is 35.5 Å². The van der Waals surface area contributed by atoms with Gasteiger partial charge in [-0.2, -0.15) is 5.10 Å². The third-order valence-electron chi connectivity index (χ3n) is 5.18. The van der Waals surface area contributed by atoms with Gasteiger partial charge in [-0.25, -0.2) is 4.98 Å². The topological polar surface area (TPSA) is 100 Å². The molecule has 2 amide bonds. The van der Waals surface area contributed by atoms with Crippen LogP contribution in [0.15, 0.2) is 29.6 Å². The van der Waals surface area contributed by atoms with E-state index in [2.05, 4.69) is 26.1 Å². The van der Waals surface area contributed by atoms with Crippen molar-refractivity contribution in [2.24, 2.45) is 16.9 Å². The summed E-state index contributed by atoms with van der Waals surface area (Å²) in [5.41, 5.74) is 5.41. The van der Waals surface area contributed by atoms with Crippen LogP contribution in [0.1, 0.15) is 49.9 Å². The second-order valence-electron chi connectivity index (χ2n) is 8.32. The van der Waals surface area contributed by atoms with Crippen LogP contribution in [0.25, 0.3) is 11.0 Å². The minimum Gasteiger partial charge on any atom is -0.356 e. The van der Waals surface area contributed by atoms with E-state index in [1.165, 1.54) is 12.8 Å². The summed E-state index contributed by atoms with van der Waals surface area (Å²) in [4.78, 5) is 28.7. The number of hydrogen-bond donors (Lipinski definition) is 3. The lowest BCUT2D eigenvalue weighted by Crippen LogP contribution is -2.27. The van der Waals surface area contributed by atoms with E-state index in [-0.39, 0.29) is 17.2 Å². The van der Waals surface area contributed by atoms with Gasteiger partial charge in [-0.15, -0.1) is 0 Å². The zero-order valence-corrected chi connectivity index (χ0v) is 18.2. The minimum absolute atomic E-state index is 0.0971. The van der Waals surface area contributed by atoms with Gasteiger partial charge in [0.15, 0.2) is 5.17 Å². The van der Waals surface area contributed by atoms with E-state index < -0.39 is 0 Å². The molecule has 1 aliphatic carbocycles. The maximum Gasteiger partial charge on any atom is 0.257 e. The van der Waals surface area contributed by atoms with Gasteiger partial charge in [-0.05, 0) is 49.3 Å². The summed E-state index contributed by atoms with van der Waals surface area (Å²) >= 11 is 1.59. The van der Waals surface area contributed by atoms with E-state index in [1.807, 2.05) is 30.5 Å². The number of nitrogens with zero attached hydrogens (tertiary/aromatic N) is 3. The molecule has 1 saturated carbocycles. The molecule has 2 heterocycles. The van der Waals surface area contributed by atoms with Crippen LogP contribution in [0.5, 0.6) is 0 Å². The molecule has 1 unspecified atom stereocenters. The lowest BCUT2D eigenvalue weighted by Gasteiger charge is -2.08. The molecular weight excluding hydrogens is 400 g/mol. The van der Waals surface area contributed by atoms with Crippen molar-refractivity contribution in [3.8, 4) is 0 Å². The van der Waals surface area contributed by atoms with Gasteiger partial charge in [0.2, 0.25) is 5.91 Å². The van der Waals surface area contributed by atoms with Crippen molar-refractivity contribution in [3.63, 3.8) is 0 Å². The molecule has 3 N–H and O–H groups in total. The van der Waals surface area contributed by atoms with Crippen molar-refractivity contribution in [3.05, 3.63) is 30.1 Å². The maximum atomic E-state index is 12.6. The number of fused-ring (bicyclic) bond motifs is 1. The number of thioether (sulfide) groups is 1. The molecule has 1 aromatic heterocycles. The number of benzene rings is 1. The first kappa shape index (κ1) is 20.7. The predicted molar refractivity (Wildman–Crippen MR) is 119 cm³/mol. The molecule has 0 bridgehead atoms. The fraction of sp³-hybridized carbons (Fsp3) is 0.524. The summed E-state index contributed by atoms with van der Waals surface area (Å²) < 4.78 is 2.05. The van der Waals surface area contributed by atoms with E-state index in [4.69, 9.17) is 0 Å². The Labute approximate surface area is 180 Å². The van der Waals surface area contributed by atoms with Gasteiger partial charge in [-0.3, -0.25) is 20.3 Å². The monoisotopic (exact) mass is 428 g/mol. The van der Waals surface area contributed by atoms with Gasteiger partial charge < -0.3 is 9.88 Å². The molecule has 0 radical (unpaired) electrons. The highest BCUT2D eigenvalue weighted by molar-refractivity contribution is 8.14. The first-order valence-electron chi connectivity index (χ1n) is 10.5. The Bertz CT molecular complexity index is 966. The van der Waals surface area contributed by atoms with E-state index in [1.54, 1.807) is 24.2 Å². The molecule has 2 aromatic rings. The molecule has 1 aliphatic heterocycles. The average molecular weight is 429 g/mol. The maximum absolute atomic E-state index is 12.6. The largest absolute Gasteiger partial charge is 0.356 e. The normalized spacial score (nSPS) is 18.4. The Morgan fingerprint density at radius 1 is 1.33 bits per heavy atom. The van der Waals surface area contributed by atoms with Crippen molar-refractivity contribution in [2.75, 3.05) is 6.54 Å². The van der Waals surface area contributed by atoms with Crippen LogP contribution in [0.4, 0.5) is 0 Å². The Kier molecular flexibility index (Phi) is 6.26. The van der Waals surface area contributed by atoms with Crippen molar-refractivity contribution in [1.29, 1.82) is 0 Å². The second-order valence-corrected chi connectivity index (χ2v) is 9.45. The number of rotatable bonds is 8. The Morgan fingerprint density at radius 2 is 2.17 bits per heavy atom. The van der Waals surface area contributed by atoms with Gasteiger partial charge >= 0.3 is 0 Å².